The summed E-state index contributed by atoms with van der Waals surface area (Å²) in [6, 6.07) is 9.55. The second kappa shape index (κ2) is 10.3. The summed E-state index contributed by atoms with van der Waals surface area (Å²) in [5.74, 6) is -0.933. The van der Waals surface area contributed by atoms with Crippen LogP contribution in [0.5, 0.6) is 0 Å². The van der Waals surface area contributed by atoms with Gasteiger partial charge in [0.25, 0.3) is 6.47 Å². The molecule has 1 aromatic carbocycles. The molecule has 2 atom stereocenters. The van der Waals surface area contributed by atoms with E-state index >= 15 is 0 Å². The van der Waals surface area contributed by atoms with Crippen LogP contribution in [0.3, 0.4) is 0 Å². The molecule has 29 heavy (non-hydrogen) atoms. The van der Waals surface area contributed by atoms with Gasteiger partial charge in [0.1, 0.15) is 5.41 Å². The maximum Gasteiger partial charge on any atom is 0.313 e. The van der Waals surface area contributed by atoms with Crippen LogP contribution in [0.4, 0.5) is 5.13 Å². The molecule has 0 spiro atoms. The number of aliphatic hydroxyl groups excluding tert-OH is 1. The van der Waals surface area contributed by atoms with E-state index in [9.17, 15) is 15.0 Å². The molecule has 8 nitrogen and oxygen atoms in total. The van der Waals surface area contributed by atoms with Gasteiger partial charge in [-0.15, -0.1) is 11.3 Å². The van der Waals surface area contributed by atoms with Crippen molar-refractivity contribution in [3.8, 4) is 0 Å². The van der Waals surface area contributed by atoms with Crippen LogP contribution in [-0.4, -0.2) is 70.9 Å². The molecule has 3 rings (SSSR count). The van der Waals surface area contributed by atoms with Gasteiger partial charge in [-0.3, -0.25) is 14.5 Å². The average Bonchev–Trinajstić information content (AvgIpc) is 3.15. The normalized spacial score (nSPS) is 21.7. The van der Waals surface area contributed by atoms with E-state index < -0.39 is 17.5 Å². The topological polar surface area (TPSA) is 114 Å². The average molecular weight is 422 g/mol. The van der Waals surface area contributed by atoms with Gasteiger partial charge in [0.15, 0.2) is 5.13 Å². The summed E-state index contributed by atoms with van der Waals surface area (Å²) in [6.45, 7) is 1.41. The summed E-state index contributed by atoms with van der Waals surface area (Å²) < 4.78 is 0. The molecule has 0 saturated carbocycles. The van der Waals surface area contributed by atoms with E-state index in [2.05, 4.69) is 9.88 Å². The van der Waals surface area contributed by atoms with E-state index in [4.69, 9.17) is 9.90 Å². The fourth-order valence-electron chi connectivity index (χ4n) is 3.52. The van der Waals surface area contributed by atoms with E-state index in [-0.39, 0.29) is 6.47 Å². The number of thiazole rings is 1. The molecule has 0 radical (unpaired) electrons. The lowest BCUT2D eigenvalue weighted by atomic mass is 9.73. The summed E-state index contributed by atoms with van der Waals surface area (Å²) >= 11 is 1.61. The van der Waals surface area contributed by atoms with Crippen molar-refractivity contribution in [2.75, 3.05) is 32.1 Å². The Morgan fingerprint density at radius 3 is 2.59 bits per heavy atom. The highest BCUT2D eigenvalue weighted by molar-refractivity contribution is 7.15. The number of nitrogens with zero attached hydrogens (tertiary/aromatic N) is 3. The summed E-state index contributed by atoms with van der Waals surface area (Å²) in [6.07, 6.45) is 1.78. The van der Waals surface area contributed by atoms with Gasteiger partial charge in [-0.05, 0) is 18.4 Å². The minimum Gasteiger partial charge on any atom is -0.483 e. The highest BCUT2D eigenvalue weighted by Crippen LogP contribution is 2.36. The smallest absolute Gasteiger partial charge is 0.313 e. The summed E-state index contributed by atoms with van der Waals surface area (Å²) in [7, 11) is 3.91. The quantitative estimate of drug-likeness (QED) is 0.605. The van der Waals surface area contributed by atoms with E-state index in [1.165, 1.54) is 0 Å². The first-order valence-electron chi connectivity index (χ1n) is 9.20. The second-order valence-electron chi connectivity index (χ2n) is 7.25. The highest BCUT2D eigenvalue weighted by atomic mass is 32.1. The van der Waals surface area contributed by atoms with Gasteiger partial charge in [-0.2, -0.15) is 0 Å². The molecule has 2 heterocycles. The number of likely N-dealkylation sites (tertiary alicyclic amines) is 1. The first-order valence-corrected chi connectivity index (χ1v) is 10.0. The van der Waals surface area contributed by atoms with Crippen molar-refractivity contribution in [2.45, 2.75) is 25.5 Å². The molecule has 1 aliphatic rings. The Morgan fingerprint density at radius 1 is 1.38 bits per heavy atom. The molecule has 1 saturated heterocycles. The third-order valence-electron chi connectivity index (χ3n) is 4.95. The number of piperidine rings is 1. The summed E-state index contributed by atoms with van der Waals surface area (Å²) in [5, 5.41) is 28.4. The largest absolute Gasteiger partial charge is 0.483 e. The monoisotopic (exact) mass is 421 g/mol. The number of aliphatic hydroxyl groups is 1. The van der Waals surface area contributed by atoms with Crippen molar-refractivity contribution in [1.29, 1.82) is 0 Å². The van der Waals surface area contributed by atoms with E-state index in [1.54, 1.807) is 11.3 Å². The molecular weight excluding hydrogens is 394 g/mol. The number of aliphatic carboxylic acids is 1. The zero-order chi connectivity index (χ0) is 21.4. The van der Waals surface area contributed by atoms with Crippen LogP contribution < -0.4 is 4.90 Å². The lowest BCUT2D eigenvalue weighted by Crippen LogP contribution is -2.56. The van der Waals surface area contributed by atoms with Crippen LogP contribution in [0, 0.1) is 5.41 Å². The standard InChI is InChI=1S/C19H25N3O3S.CH2O2/c1-21(2)18-20-11-15(26-18)12-22-9-8-16(23)19(13-22,17(24)25)10-14-6-4-3-5-7-14;2-1-3/h3-7,11,16,23H,8-10,12-13H2,1-2H3,(H,24,25);1H,(H,2,3)/t16-,19-;/m1./s1. The van der Waals surface area contributed by atoms with E-state index in [1.807, 2.05) is 55.5 Å². The first-order chi connectivity index (χ1) is 13.8. The van der Waals surface area contributed by atoms with E-state index in [0.717, 1.165) is 15.6 Å². The van der Waals surface area contributed by atoms with Gasteiger partial charge in [0.05, 0.1) is 6.10 Å². The molecular formula is C20H27N3O5S. The molecule has 3 N–H and O–H groups in total. The third-order valence-corrected chi connectivity index (χ3v) is 6.10. The Labute approximate surface area is 174 Å². The summed E-state index contributed by atoms with van der Waals surface area (Å²) in [5.41, 5.74) is -0.252. The van der Waals surface area contributed by atoms with Gasteiger partial charge in [-0.25, -0.2) is 4.98 Å². The molecule has 2 aromatic rings. The van der Waals surface area contributed by atoms with Gasteiger partial charge in [0, 0.05) is 44.8 Å². The Balaban J connectivity index is 0.000000941. The van der Waals surface area contributed by atoms with Gasteiger partial charge >= 0.3 is 5.97 Å². The first kappa shape index (κ1) is 22.8. The molecule has 158 valence electrons. The van der Waals surface area contributed by atoms with Crippen LogP contribution in [0.25, 0.3) is 0 Å². The maximum absolute atomic E-state index is 12.2. The number of benzene rings is 1. The molecule has 0 bridgehead atoms. The SMILES string of the molecule is CN(C)c1ncc(CN2CC[C@@H](O)[C@](Cc3ccccc3)(C(=O)O)C2)s1.O=CO. The van der Waals surface area contributed by atoms with Gasteiger partial charge in [-0.1, -0.05) is 30.3 Å². The molecule has 1 fully saturated rings. The van der Waals surface area contributed by atoms with Crippen molar-refractivity contribution in [3.05, 3.63) is 47.0 Å². The lowest BCUT2D eigenvalue weighted by molar-refractivity contribution is -0.163. The number of carbonyl (C=O) groups is 2. The minimum absolute atomic E-state index is 0.250. The molecule has 0 amide bonds. The van der Waals surface area contributed by atoms with Crippen LogP contribution in [0.1, 0.15) is 16.9 Å². The van der Waals surface area contributed by atoms with Gasteiger partial charge < -0.3 is 20.2 Å². The molecule has 9 heteroatoms. The second-order valence-corrected chi connectivity index (χ2v) is 8.34. The zero-order valence-electron chi connectivity index (χ0n) is 16.6. The number of rotatable bonds is 6. The highest BCUT2D eigenvalue weighted by Gasteiger charge is 2.49. The lowest BCUT2D eigenvalue weighted by Gasteiger charge is -2.43. The Morgan fingerprint density at radius 2 is 2.03 bits per heavy atom. The van der Waals surface area contributed by atoms with Crippen molar-refractivity contribution in [3.63, 3.8) is 0 Å². The number of carboxylic acids is 1. The van der Waals surface area contributed by atoms with Crippen LogP contribution >= 0.6 is 11.3 Å². The zero-order valence-corrected chi connectivity index (χ0v) is 17.4. The Kier molecular flexibility index (Phi) is 8.12. The number of carboxylic acid groups (broad SMARTS) is 2. The van der Waals surface area contributed by atoms with E-state index in [0.29, 0.717) is 32.5 Å². The van der Waals surface area contributed by atoms with Crippen LogP contribution in [-0.2, 0) is 22.6 Å². The van der Waals surface area contributed by atoms with Crippen LogP contribution in [0.2, 0.25) is 0 Å². The molecule has 0 aliphatic carbocycles. The molecule has 1 aromatic heterocycles. The Bertz CT molecular complexity index is 798. The number of aromatic nitrogens is 1. The van der Waals surface area contributed by atoms with Crippen molar-refractivity contribution in [1.82, 2.24) is 9.88 Å². The fourth-order valence-corrected chi connectivity index (χ4v) is 4.39. The van der Waals surface area contributed by atoms with Crippen molar-refractivity contribution < 1.29 is 24.9 Å². The third kappa shape index (κ3) is 5.75. The van der Waals surface area contributed by atoms with Gasteiger partial charge in [0.2, 0.25) is 0 Å². The number of hydrogen-bond acceptors (Lipinski definition) is 7. The molecule has 0 unspecified atom stereocenters. The number of anilines is 1. The fraction of sp³-hybridized carbons (Fsp3) is 0.450. The maximum atomic E-state index is 12.2. The van der Waals surface area contributed by atoms with Crippen molar-refractivity contribution >= 4 is 28.9 Å². The summed E-state index contributed by atoms with van der Waals surface area (Å²) in [4.78, 5) is 30.1. The Hall–Kier alpha value is -2.49. The molecule has 1 aliphatic heterocycles. The van der Waals surface area contributed by atoms with Crippen molar-refractivity contribution in [2.24, 2.45) is 5.41 Å². The predicted molar refractivity (Wildman–Crippen MR) is 111 cm³/mol. The minimum atomic E-state index is -1.19. The number of hydrogen-bond donors (Lipinski definition) is 3. The van der Waals surface area contributed by atoms with Crippen LogP contribution in [0.15, 0.2) is 36.5 Å². The predicted octanol–water partition coefficient (Wildman–Crippen LogP) is 1.79.